The Hall–Kier alpha value is -2.52. The summed E-state index contributed by atoms with van der Waals surface area (Å²) >= 11 is 0. The topological polar surface area (TPSA) is 203 Å². The Kier molecular flexibility index (Phi) is 11.9. The molecule has 232 valence electrons. The Labute approximate surface area is 244 Å². The smallest absolute Gasteiger partial charge is 0.326 e. The number of ether oxygens (including phenoxy) is 2. The summed E-state index contributed by atoms with van der Waals surface area (Å²) in [7, 11) is 4.96. The highest BCUT2D eigenvalue weighted by Crippen LogP contribution is 2.44. The Morgan fingerprint density at radius 1 is 1.12 bits per heavy atom. The van der Waals surface area contributed by atoms with Crippen LogP contribution in [0.1, 0.15) is 44.1 Å². The molecule has 1 saturated heterocycles. The van der Waals surface area contributed by atoms with Crippen LogP contribution in [0.5, 0.6) is 5.75 Å². The van der Waals surface area contributed by atoms with Crippen molar-refractivity contribution in [3.8, 4) is 5.75 Å². The molecule has 13 nitrogen and oxygen atoms in total. The van der Waals surface area contributed by atoms with Crippen LogP contribution in [-0.4, -0.2) is 117 Å². The molecule has 1 aliphatic carbocycles. The van der Waals surface area contributed by atoms with Crippen molar-refractivity contribution in [1.29, 1.82) is 0 Å². The molecule has 1 aromatic carbocycles. The van der Waals surface area contributed by atoms with Gasteiger partial charge in [0.25, 0.3) is 5.91 Å². The van der Waals surface area contributed by atoms with Gasteiger partial charge < -0.3 is 62.3 Å². The molecule has 1 saturated carbocycles. The van der Waals surface area contributed by atoms with Gasteiger partial charge in [0.05, 0.1) is 33.4 Å². The van der Waals surface area contributed by atoms with Gasteiger partial charge in [0, 0.05) is 12.3 Å². The molecule has 1 amide bonds. The number of methoxy groups -OCH3 is 1. The Balaban J connectivity index is 0.00000588. The lowest BCUT2D eigenvalue weighted by Crippen LogP contribution is -3.00. The zero-order valence-corrected chi connectivity index (χ0v) is 24.1. The number of carboxylic acid groups (broad SMARTS) is 2. The predicted molar refractivity (Wildman–Crippen MR) is 139 cm³/mol. The number of quaternary nitrogens is 1. The van der Waals surface area contributed by atoms with Crippen molar-refractivity contribution >= 4 is 17.8 Å². The van der Waals surface area contributed by atoms with Crippen molar-refractivity contribution in [3.05, 3.63) is 29.8 Å². The number of nitrogens with zero attached hydrogens (tertiary/aromatic N) is 1. The lowest BCUT2D eigenvalue weighted by atomic mass is 9.71. The van der Waals surface area contributed by atoms with E-state index in [-0.39, 0.29) is 29.4 Å². The number of halogens is 1. The minimum Gasteiger partial charge on any atom is -1.00 e. The van der Waals surface area contributed by atoms with Gasteiger partial charge >= 0.3 is 11.9 Å². The van der Waals surface area contributed by atoms with Crippen LogP contribution in [0.15, 0.2) is 24.3 Å². The lowest BCUT2D eigenvalue weighted by Gasteiger charge is -2.50. The van der Waals surface area contributed by atoms with Gasteiger partial charge in [-0.05, 0) is 37.0 Å². The molecular formula is C27H41ClN2O11. The Morgan fingerprint density at radius 2 is 1.80 bits per heavy atom. The summed E-state index contributed by atoms with van der Waals surface area (Å²) in [6.45, 7) is 0.267. The first-order valence-electron chi connectivity index (χ1n) is 13.4. The summed E-state index contributed by atoms with van der Waals surface area (Å²) in [4.78, 5) is 35.4. The number of rotatable bonds is 11. The highest BCUT2D eigenvalue weighted by atomic mass is 35.5. The number of amides is 1. The fourth-order valence-corrected chi connectivity index (χ4v) is 5.85. The molecule has 2 aliphatic rings. The van der Waals surface area contributed by atoms with E-state index < -0.39 is 73.0 Å². The average molecular weight is 605 g/mol. The van der Waals surface area contributed by atoms with Gasteiger partial charge in [-0.2, -0.15) is 0 Å². The third-order valence-corrected chi connectivity index (χ3v) is 8.09. The standard InChI is InChI=1S/C27H40N2O11.ClH/c1-29(2,14-16-7-4-5-12-27(16,38)15-8-6-9-17(13-15)39-3)25-22(34)20(32)21(33)23(40-25)24(35)28-18(26(36)37)10-11-19(30)31;/h6,8-9,13,16,18,20-23,25,32-34,38H,4-5,7,10-12,14H2,1-3H3,(H2-,28,30,31,35,36,37);1H. The summed E-state index contributed by atoms with van der Waals surface area (Å²) in [6, 6.07) is 5.63. The number of nitrogens with one attached hydrogen (secondary N) is 1. The molecule has 8 unspecified atom stereocenters. The number of hydrogen-bond acceptors (Lipinski definition) is 9. The second-order valence-corrected chi connectivity index (χ2v) is 11.3. The van der Waals surface area contributed by atoms with E-state index in [4.69, 9.17) is 14.6 Å². The second kappa shape index (κ2) is 14.1. The molecule has 0 spiro atoms. The van der Waals surface area contributed by atoms with E-state index in [9.17, 15) is 39.9 Å². The first-order valence-corrected chi connectivity index (χ1v) is 13.4. The van der Waals surface area contributed by atoms with Crippen LogP contribution in [0.2, 0.25) is 0 Å². The van der Waals surface area contributed by atoms with Gasteiger partial charge in [0.15, 0.2) is 12.2 Å². The van der Waals surface area contributed by atoms with E-state index >= 15 is 0 Å². The summed E-state index contributed by atoms with van der Waals surface area (Å²) in [5, 5.41) is 64.4. The van der Waals surface area contributed by atoms with Crippen LogP contribution in [0, 0.1) is 5.92 Å². The van der Waals surface area contributed by atoms with Crippen LogP contribution in [0.25, 0.3) is 0 Å². The number of aliphatic carboxylic acids is 2. The van der Waals surface area contributed by atoms with E-state index in [1.807, 2.05) is 6.07 Å². The number of carbonyl (C=O) groups excluding carboxylic acids is 1. The quantitative estimate of drug-likeness (QED) is 0.123. The third kappa shape index (κ3) is 7.86. The Morgan fingerprint density at radius 3 is 2.41 bits per heavy atom. The first kappa shape index (κ1) is 34.7. The van der Waals surface area contributed by atoms with Crippen molar-refractivity contribution in [3.63, 3.8) is 0 Å². The monoisotopic (exact) mass is 604 g/mol. The maximum atomic E-state index is 13.0. The molecule has 14 heteroatoms. The molecule has 2 fully saturated rings. The van der Waals surface area contributed by atoms with Crippen molar-refractivity contribution < 1.29 is 71.4 Å². The lowest BCUT2D eigenvalue weighted by molar-refractivity contribution is -0.948. The van der Waals surface area contributed by atoms with Gasteiger partial charge in [-0.15, -0.1) is 0 Å². The van der Waals surface area contributed by atoms with E-state index in [2.05, 4.69) is 5.32 Å². The second-order valence-electron chi connectivity index (χ2n) is 11.3. The van der Waals surface area contributed by atoms with Gasteiger partial charge in [0.2, 0.25) is 6.23 Å². The van der Waals surface area contributed by atoms with Gasteiger partial charge in [-0.25, -0.2) is 4.79 Å². The molecule has 1 aliphatic heterocycles. The zero-order valence-electron chi connectivity index (χ0n) is 23.4. The summed E-state index contributed by atoms with van der Waals surface area (Å²) in [6.07, 6.45) is -6.33. The molecule has 41 heavy (non-hydrogen) atoms. The van der Waals surface area contributed by atoms with Crippen molar-refractivity contribution in [2.45, 2.75) is 80.8 Å². The van der Waals surface area contributed by atoms with Gasteiger partial charge in [-0.1, -0.05) is 25.0 Å². The summed E-state index contributed by atoms with van der Waals surface area (Å²) in [5.74, 6) is -3.48. The summed E-state index contributed by atoms with van der Waals surface area (Å²) in [5.41, 5.74) is -0.522. The fraction of sp³-hybridized carbons (Fsp3) is 0.667. The number of benzene rings is 1. The van der Waals surface area contributed by atoms with Crippen molar-refractivity contribution in [2.24, 2.45) is 5.92 Å². The Bertz CT molecular complexity index is 1070. The number of hydrogen-bond donors (Lipinski definition) is 7. The predicted octanol–water partition coefficient (Wildman–Crippen LogP) is -3.60. The number of carbonyl (C=O) groups is 3. The molecule has 7 N–H and O–H groups in total. The van der Waals surface area contributed by atoms with Crippen molar-refractivity contribution in [1.82, 2.24) is 5.32 Å². The minimum atomic E-state index is -1.87. The van der Waals surface area contributed by atoms with E-state index in [0.29, 0.717) is 24.2 Å². The van der Waals surface area contributed by atoms with Crippen molar-refractivity contribution in [2.75, 3.05) is 27.7 Å². The maximum Gasteiger partial charge on any atom is 0.326 e. The molecule has 3 rings (SSSR count). The van der Waals surface area contributed by atoms with Crippen LogP contribution in [0.4, 0.5) is 0 Å². The number of carboxylic acids is 2. The normalized spacial score (nSPS) is 30.9. The first-order chi connectivity index (χ1) is 18.7. The molecule has 8 atom stereocenters. The molecule has 0 radical (unpaired) electrons. The third-order valence-electron chi connectivity index (χ3n) is 8.09. The molecule has 0 bridgehead atoms. The van der Waals surface area contributed by atoms with E-state index in [1.165, 1.54) is 0 Å². The average Bonchev–Trinajstić information content (AvgIpc) is 2.90. The SMILES string of the molecule is COc1cccc(C2(O)CCCCC2C[N+](C)(C)C2OC(C(=O)NC(CCC(=O)O)C(=O)O)C(O)C(O)C2O)c1.[Cl-]. The summed E-state index contributed by atoms with van der Waals surface area (Å²) < 4.78 is 11.1. The largest absolute Gasteiger partial charge is 1.00 e. The molecular weight excluding hydrogens is 564 g/mol. The highest BCUT2D eigenvalue weighted by molar-refractivity contribution is 5.87. The molecule has 1 aromatic rings. The van der Waals surface area contributed by atoms with Crippen LogP contribution in [0.3, 0.4) is 0 Å². The van der Waals surface area contributed by atoms with Gasteiger partial charge in [-0.3, -0.25) is 9.59 Å². The van der Waals surface area contributed by atoms with Crippen LogP contribution < -0.4 is 22.5 Å². The van der Waals surface area contributed by atoms with Crippen LogP contribution >= 0.6 is 0 Å². The minimum absolute atomic E-state index is 0. The number of aliphatic hydroxyl groups is 4. The number of aliphatic hydroxyl groups excluding tert-OH is 3. The number of likely N-dealkylation sites (N-methyl/N-ethyl adjacent to an activating group) is 1. The van der Waals surface area contributed by atoms with Crippen LogP contribution in [-0.2, 0) is 24.7 Å². The van der Waals surface area contributed by atoms with Gasteiger partial charge in [0.1, 0.15) is 24.0 Å². The maximum absolute atomic E-state index is 13.0. The molecule has 0 aromatic heterocycles. The highest BCUT2D eigenvalue weighted by Gasteiger charge is 2.54. The fourth-order valence-electron chi connectivity index (χ4n) is 5.85. The van der Waals surface area contributed by atoms with E-state index in [1.54, 1.807) is 39.4 Å². The zero-order chi connectivity index (χ0) is 29.8. The molecule has 1 heterocycles. The van der Waals surface area contributed by atoms with E-state index in [0.717, 1.165) is 12.8 Å².